The third-order valence-corrected chi connectivity index (χ3v) is 3.28. The minimum atomic E-state index is -0.457. The second-order valence-corrected chi connectivity index (χ2v) is 4.88. The van der Waals surface area contributed by atoms with Crippen LogP contribution in [0.15, 0.2) is 0 Å². The number of hydrogen-bond donors (Lipinski definition) is 2. The van der Waals surface area contributed by atoms with Gasteiger partial charge >= 0.3 is 12.0 Å². The highest BCUT2D eigenvalue weighted by Crippen LogP contribution is 2.17. The lowest BCUT2D eigenvalue weighted by molar-refractivity contribution is -0.147. The van der Waals surface area contributed by atoms with Gasteiger partial charge in [-0.25, -0.2) is 4.79 Å². The van der Waals surface area contributed by atoms with Crippen molar-refractivity contribution in [3.05, 3.63) is 0 Å². The van der Waals surface area contributed by atoms with Crippen LogP contribution < -0.4 is 10.6 Å². The van der Waals surface area contributed by atoms with Crippen molar-refractivity contribution >= 4 is 17.9 Å². The molecule has 1 saturated heterocycles. The Morgan fingerprint density at radius 3 is 2.45 bits per heavy atom. The molecule has 0 unspecified atom stereocenters. The molecule has 3 amide bonds. The van der Waals surface area contributed by atoms with E-state index in [-0.39, 0.29) is 24.3 Å². The molecule has 0 aromatic carbocycles. The Kier molecular flexibility index (Phi) is 7.00. The first-order valence-corrected chi connectivity index (χ1v) is 6.94. The van der Waals surface area contributed by atoms with Crippen molar-refractivity contribution in [2.75, 3.05) is 33.3 Å². The van der Waals surface area contributed by atoms with Crippen molar-refractivity contribution in [2.24, 2.45) is 5.92 Å². The average Bonchev–Trinajstić information content (AvgIpc) is 2.45. The minimum Gasteiger partial charge on any atom is -0.469 e. The van der Waals surface area contributed by atoms with E-state index < -0.39 is 6.03 Å². The molecule has 1 heterocycles. The highest BCUT2D eigenvalue weighted by Gasteiger charge is 2.26. The maximum atomic E-state index is 11.7. The zero-order chi connectivity index (χ0) is 15.0. The normalized spacial score (nSPS) is 16.5. The first-order valence-electron chi connectivity index (χ1n) is 6.94. The van der Waals surface area contributed by atoms with Gasteiger partial charge in [0.2, 0.25) is 5.91 Å². The summed E-state index contributed by atoms with van der Waals surface area (Å²) < 4.78 is 4.71. The largest absolute Gasteiger partial charge is 0.469 e. The first-order chi connectivity index (χ1) is 9.56. The van der Waals surface area contributed by atoms with Crippen molar-refractivity contribution in [3.8, 4) is 0 Å². The molecule has 0 spiro atoms. The highest BCUT2D eigenvalue weighted by molar-refractivity contribution is 5.95. The van der Waals surface area contributed by atoms with Gasteiger partial charge in [-0.3, -0.25) is 19.8 Å². The molecule has 20 heavy (non-hydrogen) atoms. The van der Waals surface area contributed by atoms with Crippen LogP contribution in [0.25, 0.3) is 0 Å². The third-order valence-electron chi connectivity index (χ3n) is 3.28. The molecule has 1 rings (SSSR count). The summed E-state index contributed by atoms with van der Waals surface area (Å²) in [5.74, 6) is -0.588. The van der Waals surface area contributed by atoms with Crippen LogP contribution in [0.2, 0.25) is 0 Å². The summed E-state index contributed by atoms with van der Waals surface area (Å²) in [6.07, 6.45) is 2.19. The Bertz CT molecular complexity index is 352. The van der Waals surface area contributed by atoms with Crippen LogP contribution in [-0.4, -0.2) is 56.1 Å². The zero-order valence-electron chi connectivity index (χ0n) is 12.1. The smallest absolute Gasteiger partial charge is 0.321 e. The Morgan fingerprint density at radius 1 is 1.25 bits per heavy atom. The summed E-state index contributed by atoms with van der Waals surface area (Å²) in [6, 6.07) is -0.457. The summed E-state index contributed by atoms with van der Waals surface area (Å²) in [4.78, 5) is 36.3. The fourth-order valence-corrected chi connectivity index (χ4v) is 2.15. The van der Waals surface area contributed by atoms with Crippen LogP contribution in [0.1, 0.15) is 26.2 Å². The maximum Gasteiger partial charge on any atom is 0.321 e. The number of ether oxygens (including phenoxy) is 1. The molecule has 0 atom stereocenters. The fourth-order valence-electron chi connectivity index (χ4n) is 2.15. The second kappa shape index (κ2) is 8.52. The minimum absolute atomic E-state index is 0.0767. The van der Waals surface area contributed by atoms with Gasteiger partial charge in [-0.05, 0) is 32.4 Å². The molecular weight excluding hydrogens is 262 g/mol. The lowest BCUT2D eigenvalue weighted by Crippen LogP contribution is -2.46. The summed E-state index contributed by atoms with van der Waals surface area (Å²) in [5, 5.41) is 4.86. The van der Waals surface area contributed by atoms with Gasteiger partial charge in [-0.1, -0.05) is 6.92 Å². The molecule has 0 aliphatic carbocycles. The van der Waals surface area contributed by atoms with E-state index in [1.54, 1.807) is 0 Å². The van der Waals surface area contributed by atoms with Crippen molar-refractivity contribution in [3.63, 3.8) is 0 Å². The van der Waals surface area contributed by atoms with Crippen molar-refractivity contribution in [1.82, 2.24) is 15.5 Å². The number of carbonyl (C=O) groups excluding carboxylic acids is 3. The van der Waals surface area contributed by atoms with E-state index in [1.165, 1.54) is 7.11 Å². The van der Waals surface area contributed by atoms with E-state index in [0.29, 0.717) is 32.5 Å². The van der Waals surface area contributed by atoms with Gasteiger partial charge in [0.25, 0.3) is 0 Å². The summed E-state index contributed by atoms with van der Waals surface area (Å²) >= 11 is 0. The number of amides is 3. The van der Waals surface area contributed by atoms with E-state index >= 15 is 0 Å². The van der Waals surface area contributed by atoms with Crippen LogP contribution in [0.4, 0.5) is 4.79 Å². The van der Waals surface area contributed by atoms with E-state index in [2.05, 4.69) is 10.6 Å². The number of piperidine rings is 1. The molecule has 0 bridgehead atoms. The van der Waals surface area contributed by atoms with Gasteiger partial charge in [-0.15, -0.1) is 0 Å². The summed E-state index contributed by atoms with van der Waals surface area (Å²) in [6.45, 7) is 3.97. The molecule has 0 saturated carbocycles. The number of imide groups is 1. The topological polar surface area (TPSA) is 87.7 Å². The molecule has 114 valence electrons. The van der Waals surface area contributed by atoms with Crippen molar-refractivity contribution in [2.45, 2.75) is 26.2 Å². The second-order valence-electron chi connectivity index (χ2n) is 4.88. The van der Waals surface area contributed by atoms with E-state index in [1.807, 2.05) is 11.8 Å². The summed E-state index contributed by atoms with van der Waals surface area (Å²) in [5.41, 5.74) is 0. The Balaban J connectivity index is 2.24. The van der Waals surface area contributed by atoms with Crippen LogP contribution in [-0.2, 0) is 14.3 Å². The van der Waals surface area contributed by atoms with E-state index in [4.69, 9.17) is 4.74 Å². The molecular formula is C13H23N3O4. The van der Waals surface area contributed by atoms with E-state index in [9.17, 15) is 14.4 Å². The molecule has 0 aromatic rings. The number of carbonyl (C=O) groups is 3. The Morgan fingerprint density at radius 2 is 1.90 bits per heavy atom. The predicted octanol–water partition coefficient (Wildman–Crippen LogP) is 0.107. The highest BCUT2D eigenvalue weighted by atomic mass is 16.5. The lowest BCUT2D eigenvalue weighted by atomic mass is 9.97. The number of hydrogen-bond acceptors (Lipinski definition) is 5. The first kappa shape index (κ1) is 16.4. The van der Waals surface area contributed by atoms with Gasteiger partial charge < -0.3 is 10.1 Å². The van der Waals surface area contributed by atoms with Gasteiger partial charge in [0, 0.05) is 6.54 Å². The van der Waals surface area contributed by atoms with Crippen LogP contribution in [0.5, 0.6) is 0 Å². The number of rotatable bonds is 5. The van der Waals surface area contributed by atoms with Crippen molar-refractivity contribution < 1.29 is 19.1 Å². The third kappa shape index (κ3) is 5.56. The maximum absolute atomic E-state index is 11.7. The predicted molar refractivity (Wildman–Crippen MR) is 73.0 cm³/mol. The number of urea groups is 1. The molecule has 7 heteroatoms. The Hall–Kier alpha value is -1.63. The number of nitrogens with zero attached hydrogens (tertiary/aromatic N) is 1. The number of esters is 1. The lowest BCUT2D eigenvalue weighted by Gasteiger charge is -2.29. The standard InChI is InChI=1S/C13H23N3O4/c1-3-6-14-13(19)15-11(17)9-16-7-4-10(5-8-16)12(18)20-2/h10H,3-9H2,1-2H3,(H2,14,15,17,19). The quantitative estimate of drug-likeness (QED) is 0.700. The SMILES string of the molecule is CCCNC(=O)NC(=O)CN1CCC(C(=O)OC)CC1. The molecule has 1 fully saturated rings. The molecule has 0 aromatic heterocycles. The van der Waals surface area contributed by atoms with Crippen LogP contribution in [0, 0.1) is 5.92 Å². The Labute approximate surface area is 119 Å². The van der Waals surface area contributed by atoms with Crippen molar-refractivity contribution in [1.29, 1.82) is 0 Å². The van der Waals surface area contributed by atoms with Gasteiger partial charge in [-0.2, -0.15) is 0 Å². The van der Waals surface area contributed by atoms with E-state index in [0.717, 1.165) is 6.42 Å². The van der Waals surface area contributed by atoms with Crippen LogP contribution >= 0.6 is 0 Å². The molecule has 2 N–H and O–H groups in total. The summed E-state index contributed by atoms with van der Waals surface area (Å²) in [7, 11) is 1.39. The number of methoxy groups -OCH3 is 1. The molecule has 1 aliphatic rings. The molecule has 1 aliphatic heterocycles. The fraction of sp³-hybridized carbons (Fsp3) is 0.769. The van der Waals surface area contributed by atoms with Gasteiger partial charge in [0.15, 0.2) is 0 Å². The number of nitrogens with one attached hydrogen (secondary N) is 2. The number of likely N-dealkylation sites (tertiary alicyclic amines) is 1. The van der Waals surface area contributed by atoms with Gasteiger partial charge in [0.1, 0.15) is 0 Å². The molecule has 7 nitrogen and oxygen atoms in total. The van der Waals surface area contributed by atoms with Crippen LogP contribution in [0.3, 0.4) is 0 Å². The zero-order valence-corrected chi connectivity index (χ0v) is 12.1. The average molecular weight is 285 g/mol. The monoisotopic (exact) mass is 285 g/mol. The molecule has 0 radical (unpaired) electrons. The van der Waals surface area contributed by atoms with Gasteiger partial charge in [0.05, 0.1) is 19.6 Å².